The fourth-order valence-corrected chi connectivity index (χ4v) is 3.42. The van der Waals surface area contributed by atoms with Crippen LogP contribution in [0.3, 0.4) is 0 Å². The number of unbranched alkanes of at least 4 members (excludes halogenated alkanes) is 11. The third kappa shape index (κ3) is 32.1. The van der Waals surface area contributed by atoms with Crippen molar-refractivity contribution >= 4 is 28.0 Å². The second-order valence-electron chi connectivity index (χ2n) is 7.70. The third-order valence-electron chi connectivity index (χ3n) is 4.66. The van der Waals surface area contributed by atoms with Crippen LogP contribution < -0.4 is 75.1 Å². The van der Waals surface area contributed by atoms with Crippen molar-refractivity contribution in [3.63, 3.8) is 0 Å². The van der Waals surface area contributed by atoms with Gasteiger partial charge in [0.05, 0.1) is 5.97 Å². The van der Waals surface area contributed by atoms with Gasteiger partial charge in [0, 0.05) is 18.8 Å². The Morgan fingerprint density at radius 3 is 1.56 bits per heavy atom. The summed E-state index contributed by atoms with van der Waals surface area (Å²) in [6, 6.07) is 0. The Hall–Kier alpha value is 0.0600. The summed E-state index contributed by atoms with van der Waals surface area (Å²) in [6.45, 7) is 2.26. The van der Waals surface area contributed by atoms with E-state index in [0.717, 1.165) is 12.8 Å². The molecule has 0 heterocycles. The quantitative estimate of drug-likeness (QED) is 0.0738. The molecule has 34 heavy (non-hydrogen) atoms. The molecule has 1 unspecified atom stereocenters. The Morgan fingerprint density at radius 1 is 0.824 bits per heavy atom. The van der Waals surface area contributed by atoms with Gasteiger partial charge in [0.1, 0.15) is 5.25 Å². The minimum Gasteiger partial charge on any atom is -0.550 e. The first-order valence-electron chi connectivity index (χ1n) is 11.3. The number of carbonyl (C=O) groups is 3. The normalized spacial score (nSPS) is 11.5. The van der Waals surface area contributed by atoms with E-state index in [1.807, 2.05) is 0 Å². The molecule has 0 aromatic carbocycles. The van der Waals surface area contributed by atoms with E-state index >= 15 is 0 Å². The molecule has 0 aliphatic carbocycles. The van der Waals surface area contributed by atoms with Gasteiger partial charge in [-0.25, -0.2) is 0 Å². The smallest absolute Gasteiger partial charge is 0.550 e. The molecule has 0 aromatic heterocycles. The Kier molecular flexibility index (Phi) is 33.5. The minimum absolute atomic E-state index is 0. The molecule has 0 aliphatic rings. The average molecular weight is 524 g/mol. The number of carboxylic acids is 2. The minimum atomic E-state index is -4.94. The largest absolute Gasteiger partial charge is 1.00 e. The van der Waals surface area contributed by atoms with Gasteiger partial charge in [-0.1, -0.05) is 70.4 Å². The SMILES string of the molecule is CCCCCCCCC=CCCCCCCCC(N)=O.O=C([O-])CC(C(=O)[O-])S(=O)(=O)O.[Na+].[Na+]. The first-order valence-corrected chi connectivity index (χ1v) is 12.8. The van der Waals surface area contributed by atoms with Gasteiger partial charge in [0.15, 0.2) is 0 Å². The number of hydrogen-bond acceptors (Lipinski definition) is 7. The fraction of sp³-hybridized carbons (Fsp3) is 0.773. The van der Waals surface area contributed by atoms with Gasteiger partial charge in [-0.2, -0.15) is 8.42 Å². The first kappa shape index (κ1) is 41.2. The number of primary amides is 1. The van der Waals surface area contributed by atoms with Gasteiger partial charge < -0.3 is 25.5 Å². The predicted octanol–water partition coefficient (Wildman–Crippen LogP) is -4.35. The number of carboxylic acid groups (broad SMARTS) is 2. The van der Waals surface area contributed by atoms with E-state index in [1.165, 1.54) is 70.6 Å². The molecule has 1 amide bonds. The molecule has 0 fully saturated rings. The molecule has 0 radical (unpaired) electrons. The van der Waals surface area contributed by atoms with E-state index in [4.69, 9.17) is 10.3 Å². The Balaban J connectivity index is -0.000000279. The molecule has 0 aromatic rings. The Labute approximate surface area is 249 Å². The first-order chi connectivity index (χ1) is 15.0. The van der Waals surface area contributed by atoms with Crippen molar-refractivity contribution in [3.8, 4) is 0 Å². The zero-order valence-corrected chi connectivity index (χ0v) is 25.9. The summed E-state index contributed by atoms with van der Waals surface area (Å²) < 4.78 is 28.5. The van der Waals surface area contributed by atoms with Gasteiger partial charge in [-0.15, -0.1) is 0 Å². The zero-order chi connectivity index (χ0) is 24.8. The molecular weight excluding hydrogens is 484 g/mol. The number of allylic oxidation sites excluding steroid dienone is 2. The summed E-state index contributed by atoms with van der Waals surface area (Å²) in [5.41, 5.74) is 5.10. The molecular formula is C22H39NNa2O8S. The van der Waals surface area contributed by atoms with Crippen LogP contribution in [0, 0.1) is 0 Å². The summed E-state index contributed by atoms with van der Waals surface area (Å²) in [4.78, 5) is 30.3. The van der Waals surface area contributed by atoms with Crippen LogP contribution in [0.5, 0.6) is 0 Å². The van der Waals surface area contributed by atoms with Crippen molar-refractivity contribution in [2.24, 2.45) is 5.73 Å². The zero-order valence-electron chi connectivity index (χ0n) is 21.1. The van der Waals surface area contributed by atoms with Crippen molar-refractivity contribution in [1.29, 1.82) is 0 Å². The van der Waals surface area contributed by atoms with Crippen LogP contribution in [0.2, 0.25) is 0 Å². The van der Waals surface area contributed by atoms with E-state index in [0.29, 0.717) is 6.42 Å². The van der Waals surface area contributed by atoms with Gasteiger partial charge in [0.25, 0.3) is 10.1 Å². The number of hydrogen-bond donors (Lipinski definition) is 2. The number of carbonyl (C=O) groups excluding carboxylic acids is 3. The number of nitrogens with two attached hydrogens (primary N) is 1. The summed E-state index contributed by atoms with van der Waals surface area (Å²) >= 11 is 0. The molecule has 0 bridgehead atoms. The summed E-state index contributed by atoms with van der Waals surface area (Å²) in [5, 5.41) is 17.3. The molecule has 3 N–H and O–H groups in total. The Bertz CT molecular complexity index is 657. The standard InChI is InChI=1S/C18H35NO.C4H6O7S.2Na/c1-2-3-4-5-6-7-8-9-10-11-12-13-14-15-16-17-18(19)20;5-3(6)1-2(4(7)8)12(9,10)11;;/h9-10H,2-8,11-17H2,1H3,(H2,19,20);2H,1H2,(H,5,6)(H,7,8)(H,9,10,11);;/q;;2*+1/p-2. The second kappa shape index (κ2) is 27.6. The maximum absolute atomic E-state index is 10.5. The number of amides is 1. The molecule has 0 spiro atoms. The number of aliphatic carboxylic acids is 2. The van der Waals surface area contributed by atoms with Crippen LogP contribution in [0.25, 0.3) is 0 Å². The van der Waals surface area contributed by atoms with Crippen molar-refractivity contribution in [2.45, 2.75) is 108 Å². The van der Waals surface area contributed by atoms with Crippen molar-refractivity contribution in [3.05, 3.63) is 12.2 Å². The third-order valence-corrected chi connectivity index (χ3v) is 5.74. The van der Waals surface area contributed by atoms with E-state index in [2.05, 4.69) is 19.1 Å². The predicted molar refractivity (Wildman–Crippen MR) is 119 cm³/mol. The maximum Gasteiger partial charge on any atom is 1.00 e. The molecule has 12 heteroatoms. The van der Waals surface area contributed by atoms with Crippen LogP contribution in [0.4, 0.5) is 0 Å². The fourth-order valence-electron chi connectivity index (χ4n) is 2.83. The molecule has 0 saturated heterocycles. The van der Waals surface area contributed by atoms with Gasteiger partial charge in [0.2, 0.25) is 5.91 Å². The maximum atomic E-state index is 10.5. The van der Waals surface area contributed by atoms with Crippen molar-refractivity contribution in [2.75, 3.05) is 0 Å². The molecule has 0 rings (SSSR count). The van der Waals surface area contributed by atoms with Crippen LogP contribution in [-0.4, -0.2) is 36.1 Å². The summed E-state index contributed by atoms with van der Waals surface area (Å²) in [5.74, 6) is -4.24. The van der Waals surface area contributed by atoms with Crippen LogP contribution in [0.1, 0.15) is 103 Å². The van der Waals surface area contributed by atoms with E-state index in [1.54, 1.807) is 0 Å². The van der Waals surface area contributed by atoms with E-state index in [9.17, 15) is 33.0 Å². The second-order valence-corrected chi connectivity index (χ2v) is 9.30. The molecule has 0 saturated carbocycles. The van der Waals surface area contributed by atoms with Crippen molar-refractivity contribution in [1.82, 2.24) is 0 Å². The average Bonchev–Trinajstić information content (AvgIpc) is 2.68. The monoisotopic (exact) mass is 523 g/mol. The summed E-state index contributed by atoms with van der Waals surface area (Å²) in [6.07, 6.45) is 20.6. The van der Waals surface area contributed by atoms with E-state index in [-0.39, 0.29) is 65.0 Å². The van der Waals surface area contributed by atoms with Gasteiger partial charge in [-0.3, -0.25) is 9.35 Å². The molecule has 9 nitrogen and oxygen atoms in total. The summed E-state index contributed by atoms with van der Waals surface area (Å²) in [7, 11) is -4.94. The van der Waals surface area contributed by atoms with Crippen molar-refractivity contribution < 1.29 is 96.7 Å². The topological polar surface area (TPSA) is 178 Å². The van der Waals surface area contributed by atoms with Crippen LogP contribution in [-0.2, 0) is 24.5 Å². The number of rotatable bonds is 19. The molecule has 188 valence electrons. The van der Waals surface area contributed by atoms with Gasteiger partial charge >= 0.3 is 59.1 Å². The van der Waals surface area contributed by atoms with Crippen LogP contribution >= 0.6 is 0 Å². The van der Waals surface area contributed by atoms with Gasteiger partial charge in [-0.05, 0) is 32.1 Å². The molecule has 0 aliphatic heterocycles. The van der Waals surface area contributed by atoms with E-state index < -0.39 is 33.7 Å². The van der Waals surface area contributed by atoms with Crippen LogP contribution in [0.15, 0.2) is 12.2 Å². The molecule has 1 atom stereocenters. The Morgan fingerprint density at radius 2 is 1.24 bits per heavy atom.